The van der Waals surface area contributed by atoms with Crippen molar-refractivity contribution in [2.24, 2.45) is 0 Å². The minimum absolute atomic E-state index is 0.249. The number of aryl methyl sites for hydroxylation is 1. The van der Waals surface area contributed by atoms with E-state index in [0.717, 1.165) is 22.6 Å². The summed E-state index contributed by atoms with van der Waals surface area (Å²) in [5.74, 6) is 0.497. The molecule has 0 aliphatic heterocycles. The molecule has 0 saturated carbocycles. The number of anilines is 1. The van der Waals surface area contributed by atoms with Crippen molar-refractivity contribution in [1.82, 2.24) is 9.97 Å². The highest BCUT2D eigenvalue weighted by Gasteiger charge is 2.12. The van der Waals surface area contributed by atoms with Crippen molar-refractivity contribution in [1.29, 1.82) is 0 Å². The van der Waals surface area contributed by atoms with Gasteiger partial charge >= 0.3 is 0 Å². The topological polar surface area (TPSA) is 64.1 Å². The lowest BCUT2D eigenvalue weighted by Gasteiger charge is -2.09. The largest absolute Gasteiger partial charge is 0.489 e. The molecule has 0 radical (unpaired) electrons. The van der Waals surface area contributed by atoms with Gasteiger partial charge in [0.15, 0.2) is 0 Å². The van der Waals surface area contributed by atoms with Crippen LogP contribution in [0.15, 0.2) is 60.9 Å². The molecule has 3 rings (SSSR count). The first kappa shape index (κ1) is 16.6. The van der Waals surface area contributed by atoms with Gasteiger partial charge in [0.05, 0.1) is 0 Å². The van der Waals surface area contributed by atoms with E-state index >= 15 is 0 Å². The Morgan fingerprint density at radius 2 is 1.72 bits per heavy atom. The van der Waals surface area contributed by atoms with Crippen LogP contribution >= 0.6 is 0 Å². The second kappa shape index (κ2) is 7.57. The molecule has 1 aromatic heterocycles. The first-order chi connectivity index (χ1) is 12.1. The maximum Gasteiger partial charge on any atom is 0.274 e. The van der Waals surface area contributed by atoms with Gasteiger partial charge in [-0.3, -0.25) is 4.79 Å². The van der Waals surface area contributed by atoms with E-state index in [1.807, 2.05) is 68.4 Å². The summed E-state index contributed by atoms with van der Waals surface area (Å²) in [5, 5.41) is 2.84. The predicted octanol–water partition coefficient (Wildman–Crippen LogP) is 3.92. The normalized spacial score (nSPS) is 10.3. The summed E-state index contributed by atoms with van der Waals surface area (Å²) < 4.78 is 5.74. The highest BCUT2D eigenvalue weighted by atomic mass is 16.5. The molecule has 1 heterocycles. The van der Waals surface area contributed by atoms with E-state index in [1.54, 1.807) is 0 Å². The van der Waals surface area contributed by atoms with Crippen LogP contribution in [0.2, 0.25) is 0 Å². The molecule has 1 N–H and O–H groups in total. The number of hydrogen-bond donors (Lipinski definition) is 1. The first-order valence-corrected chi connectivity index (χ1v) is 8.00. The quantitative estimate of drug-likeness (QED) is 0.768. The summed E-state index contributed by atoms with van der Waals surface area (Å²) in [6.45, 7) is 4.20. The van der Waals surface area contributed by atoms with Crippen molar-refractivity contribution >= 4 is 11.6 Å². The van der Waals surface area contributed by atoms with Crippen molar-refractivity contribution < 1.29 is 9.53 Å². The summed E-state index contributed by atoms with van der Waals surface area (Å²) in [4.78, 5) is 20.5. The van der Waals surface area contributed by atoms with E-state index in [-0.39, 0.29) is 5.91 Å². The molecule has 3 aromatic rings. The third kappa shape index (κ3) is 4.20. The summed E-state index contributed by atoms with van der Waals surface area (Å²) in [7, 11) is 0. The van der Waals surface area contributed by atoms with Crippen LogP contribution in [0.1, 0.15) is 27.3 Å². The zero-order valence-corrected chi connectivity index (χ0v) is 14.2. The fraction of sp³-hybridized carbons (Fsp3) is 0.150. The smallest absolute Gasteiger partial charge is 0.274 e. The number of nitrogens with one attached hydrogen (secondary N) is 1. The van der Waals surface area contributed by atoms with Crippen molar-refractivity contribution in [3.63, 3.8) is 0 Å². The van der Waals surface area contributed by atoms with E-state index in [1.165, 1.54) is 6.33 Å². The first-order valence-electron chi connectivity index (χ1n) is 8.00. The van der Waals surface area contributed by atoms with Gasteiger partial charge in [-0.25, -0.2) is 9.97 Å². The average molecular weight is 333 g/mol. The van der Waals surface area contributed by atoms with Crippen LogP contribution in [0.5, 0.6) is 5.75 Å². The number of aromatic nitrogens is 2. The molecule has 0 saturated heterocycles. The molecular weight excluding hydrogens is 314 g/mol. The number of carbonyl (C=O) groups excluding carboxylic acids is 1. The van der Waals surface area contributed by atoms with Crippen LogP contribution in [0.4, 0.5) is 5.69 Å². The van der Waals surface area contributed by atoms with E-state index < -0.39 is 0 Å². The zero-order chi connectivity index (χ0) is 17.6. The number of hydrogen-bond acceptors (Lipinski definition) is 4. The summed E-state index contributed by atoms with van der Waals surface area (Å²) in [6, 6.07) is 17.2. The number of rotatable bonds is 5. The van der Waals surface area contributed by atoms with Crippen LogP contribution in [-0.2, 0) is 6.61 Å². The number of nitrogens with zero attached hydrogens (tertiary/aromatic N) is 2. The van der Waals surface area contributed by atoms with Gasteiger partial charge in [0, 0.05) is 16.9 Å². The predicted molar refractivity (Wildman–Crippen MR) is 96.7 cm³/mol. The second-order valence-electron chi connectivity index (χ2n) is 5.69. The number of benzene rings is 2. The van der Waals surface area contributed by atoms with Gasteiger partial charge in [-0.15, -0.1) is 0 Å². The molecule has 0 bridgehead atoms. The summed E-state index contributed by atoms with van der Waals surface area (Å²) >= 11 is 0. The van der Waals surface area contributed by atoms with E-state index in [9.17, 15) is 4.79 Å². The average Bonchev–Trinajstić information content (AvgIpc) is 2.64. The fourth-order valence-electron chi connectivity index (χ4n) is 2.33. The lowest BCUT2D eigenvalue weighted by molar-refractivity contribution is 0.102. The van der Waals surface area contributed by atoms with Gasteiger partial charge < -0.3 is 10.1 Å². The minimum Gasteiger partial charge on any atom is -0.489 e. The molecule has 5 nitrogen and oxygen atoms in total. The molecule has 5 heteroatoms. The molecular formula is C20H19N3O2. The van der Waals surface area contributed by atoms with Gasteiger partial charge in [-0.1, -0.05) is 30.3 Å². The Balaban J connectivity index is 1.62. The monoisotopic (exact) mass is 333 g/mol. The Morgan fingerprint density at radius 3 is 2.44 bits per heavy atom. The van der Waals surface area contributed by atoms with Gasteiger partial charge in [-0.05, 0) is 43.7 Å². The third-order valence-electron chi connectivity index (χ3n) is 3.91. The van der Waals surface area contributed by atoms with E-state index in [0.29, 0.717) is 18.0 Å². The molecule has 0 spiro atoms. The number of carbonyl (C=O) groups is 1. The van der Waals surface area contributed by atoms with Crippen LogP contribution in [0.25, 0.3) is 0 Å². The van der Waals surface area contributed by atoms with Gasteiger partial charge in [0.25, 0.3) is 5.91 Å². The van der Waals surface area contributed by atoms with Crippen LogP contribution < -0.4 is 10.1 Å². The zero-order valence-electron chi connectivity index (χ0n) is 14.2. The van der Waals surface area contributed by atoms with Crippen LogP contribution in [0.3, 0.4) is 0 Å². The SMILES string of the molecule is Cc1ncnc(C(=O)Nc2ccc(OCc3ccccc3)cc2)c1C. The molecule has 0 atom stereocenters. The molecule has 0 unspecified atom stereocenters. The van der Waals surface area contributed by atoms with Crippen molar-refractivity contribution in [3.05, 3.63) is 83.4 Å². The van der Waals surface area contributed by atoms with Crippen molar-refractivity contribution in [2.45, 2.75) is 20.5 Å². The second-order valence-corrected chi connectivity index (χ2v) is 5.69. The van der Waals surface area contributed by atoms with Gasteiger partial charge in [0.2, 0.25) is 0 Å². The Hall–Kier alpha value is -3.21. The maximum absolute atomic E-state index is 12.4. The molecule has 0 fully saturated rings. The van der Waals surface area contributed by atoms with Crippen LogP contribution in [0, 0.1) is 13.8 Å². The van der Waals surface area contributed by atoms with E-state index in [2.05, 4.69) is 15.3 Å². The Morgan fingerprint density at radius 1 is 1.00 bits per heavy atom. The maximum atomic E-state index is 12.4. The highest BCUT2D eigenvalue weighted by molar-refractivity contribution is 6.03. The number of amides is 1. The molecule has 0 aliphatic rings. The Labute approximate surface area is 146 Å². The summed E-state index contributed by atoms with van der Waals surface area (Å²) in [6.07, 6.45) is 1.40. The summed E-state index contributed by atoms with van der Waals surface area (Å²) in [5.41, 5.74) is 3.76. The molecule has 1 amide bonds. The minimum atomic E-state index is -0.249. The van der Waals surface area contributed by atoms with Gasteiger partial charge in [-0.2, -0.15) is 0 Å². The standard InChI is InChI=1S/C20H19N3O2/c1-14-15(2)21-13-22-19(14)20(24)23-17-8-10-18(11-9-17)25-12-16-6-4-3-5-7-16/h3-11,13H,12H2,1-2H3,(H,23,24). The lowest BCUT2D eigenvalue weighted by Crippen LogP contribution is -2.16. The van der Waals surface area contributed by atoms with Crippen LogP contribution in [-0.4, -0.2) is 15.9 Å². The third-order valence-corrected chi connectivity index (χ3v) is 3.91. The van der Waals surface area contributed by atoms with Crippen molar-refractivity contribution in [2.75, 3.05) is 5.32 Å². The molecule has 25 heavy (non-hydrogen) atoms. The highest BCUT2D eigenvalue weighted by Crippen LogP contribution is 2.18. The molecule has 0 aliphatic carbocycles. The van der Waals surface area contributed by atoms with E-state index in [4.69, 9.17) is 4.74 Å². The lowest BCUT2D eigenvalue weighted by atomic mass is 10.2. The number of ether oxygens (including phenoxy) is 1. The van der Waals surface area contributed by atoms with Gasteiger partial charge in [0.1, 0.15) is 24.4 Å². The van der Waals surface area contributed by atoms with Crippen molar-refractivity contribution in [3.8, 4) is 5.75 Å². The molecule has 2 aromatic carbocycles. The Bertz CT molecular complexity index is 862. The molecule has 126 valence electrons. The fourth-order valence-corrected chi connectivity index (χ4v) is 2.33. The Kier molecular flexibility index (Phi) is 5.04.